The molecule has 2 rings (SSSR count). The minimum absolute atomic E-state index is 0.582. The summed E-state index contributed by atoms with van der Waals surface area (Å²) in [6, 6.07) is 0. The highest BCUT2D eigenvalue weighted by atomic mass is 32.1. The Bertz CT molecular complexity index is 308. The van der Waals surface area contributed by atoms with Crippen LogP contribution in [0.1, 0.15) is 81.3 Å². The largest absolute Gasteiger partial charge is 0.246 e. The summed E-state index contributed by atoms with van der Waals surface area (Å²) >= 11 is 1.89. The van der Waals surface area contributed by atoms with Crippen LogP contribution in [-0.4, -0.2) is 4.98 Å². The Morgan fingerprint density at radius 3 is 2.31 bits per heavy atom. The van der Waals surface area contributed by atoms with Gasteiger partial charge in [0.15, 0.2) is 0 Å². The maximum Gasteiger partial charge on any atom is 0.0959 e. The zero-order valence-corrected chi connectivity index (χ0v) is 11.4. The van der Waals surface area contributed by atoms with E-state index in [4.69, 9.17) is 4.98 Å². The lowest BCUT2D eigenvalue weighted by molar-refractivity contribution is 0.454. The summed E-state index contributed by atoms with van der Waals surface area (Å²) in [5.41, 5.74) is 1.29. The predicted octanol–water partition coefficient (Wildman–Crippen LogP) is 5.09. The van der Waals surface area contributed by atoms with Crippen molar-refractivity contribution in [3.63, 3.8) is 0 Å². The van der Waals surface area contributed by atoms with Crippen LogP contribution < -0.4 is 0 Å². The van der Waals surface area contributed by atoms with E-state index in [1.165, 1.54) is 55.6 Å². The molecule has 90 valence electrons. The standard InChI is InChI=1S/C14H23NS/c1-11(2)13-10-16-14(15-13)12-8-6-4-3-5-7-9-12/h10-12H,3-9H2,1-2H3. The van der Waals surface area contributed by atoms with Crippen molar-refractivity contribution in [3.05, 3.63) is 16.1 Å². The first-order valence-electron chi connectivity index (χ1n) is 6.72. The Balaban J connectivity index is 2.02. The molecule has 1 aliphatic rings. The number of thiazole rings is 1. The third-order valence-electron chi connectivity index (χ3n) is 3.59. The van der Waals surface area contributed by atoms with Gasteiger partial charge in [0.05, 0.1) is 10.7 Å². The lowest BCUT2D eigenvalue weighted by atomic mass is 9.91. The second-order valence-corrected chi connectivity index (χ2v) is 6.20. The zero-order valence-electron chi connectivity index (χ0n) is 10.5. The molecule has 1 heterocycles. The topological polar surface area (TPSA) is 12.9 Å². The Kier molecular flexibility index (Phi) is 4.39. The monoisotopic (exact) mass is 237 g/mol. The molecule has 0 aliphatic heterocycles. The lowest BCUT2D eigenvalue weighted by Gasteiger charge is -2.17. The van der Waals surface area contributed by atoms with Gasteiger partial charge in [0.2, 0.25) is 0 Å². The fourth-order valence-corrected chi connectivity index (χ4v) is 3.61. The van der Waals surface area contributed by atoms with Crippen LogP contribution in [0.2, 0.25) is 0 Å². The van der Waals surface area contributed by atoms with Crippen molar-refractivity contribution in [3.8, 4) is 0 Å². The van der Waals surface area contributed by atoms with Crippen molar-refractivity contribution in [1.29, 1.82) is 0 Å². The Morgan fingerprint density at radius 2 is 1.75 bits per heavy atom. The van der Waals surface area contributed by atoms with Crippen molar-refractivity contribution < 1.29 is 0 Å². The van der Waals surface area contributed by atoms with Crippen LogP contribution in [-0.2, 0) is 0 Å². The smallest absolute Gasteiger partial charge is 0.0959 e. The molecular weight excluding hydrogens is 214 g/mol. The van der Waals surface area contributed by atoms with E-state index in [9.17, 15) is 0 Å². The molecule has 0 saturated heterocycles. The van der Waals surface area contributed by atoms with Crippen LogP contribution in [0.4, 0.5) is 0 Å². The minimum atomic E-state index is 0.582. The highest BCUT2D eigenvalue weighted by Gasteiger charge is 2.17. The third kappa shape index (κ3) is 3.07. The zero-order chi connectivity index (χ0) is 11.4. The van der Waals surface area contributed by atoms with E-state index >= 15 is 0 Å². The second-order valence-electron chi connectivity index (χ2n) is 5.31. The number of hydrogen-bond donors (Lipinski definition) is 0. The Morgan fingerprint density at radius 1 is 1.12 bits per heavy atom. The van der Waals surface area contributed by atoms with Crippen molar-refractivity contribution in [2.24, 2.45) is 0 Å². The maximum atomic E-state index is 4.82. The molecule has 0 aromatic carbocycles. The molecule has 2 heteroatoms. The van der Waals surface area contributed by atoms with E-state index in [1.807, 2.05) is 11.3 Å². The molecule has 1 fully saturated rings. The van der Waals surface area contributed by atoms with Gasteiger partial charge in [0.25, 0.3) is 0 Å². The molecular formula is C14H23NS. The fraction of sp³-hybridized carbons (Fsp3) is 0.786. The average Bonchev–Trinajstić information content (AvgIpc) is 2.66. The van der Waals surface area contributed by atoms with Gasteiger partial charge >= 0.3 is 0 Å². The van der Waals surface area contributed by atoms with Crippen LogP contribution >= 0.6 is 11.3 Å². The van der Waals surface area contributed by atoms with E-state index in [2.05, 4.69) is 19.2 Å². The van der Waals surface area contributed by atoms with Gasteiger partial charge in [-0.05, 0) is 18.8 Å². The lowest BCUT2D eigenvalue weighted by Crippen LogP contribution is -2.02. The molecule has 0 atom stereocenters. The molecule has 0 bridgehead atoms. The maximum absolute atomic E-state index is 4.82. The molecule has 0 radical (unpaired) electrons. The number of rotatable bonds is 2. The first kappa shape index (κ1) is 12.1. The van der Waals surface area contributed by atoms with Gasteiger partial charge < -0.3 is 0 Å². The highest BCUT2D eigenvalue weighted by molar-refractivity contribution is 7.09. The molecule has 1 aromatic rings. The molecule has 16 heavy (non-hydrogen) atoms. The Hall–Kier alpha value is -0.370. The van der Waals surface area contributed by atoms with E-state index < -0.39 is 0 Å². The molecule has 1 nitrogen and oxygen atoms in total. The summed E-state index contributed by atoms with van der Waals surface area (Å²) < 4.78 is 0. The summed E-state index contributed by atoms with van der Waals surface area (Å²) in [4.78, 5) is 4.82. The van der Waals surface area contributed by atoms with Gasteiger partial charge in [-0.15, -0.1) is 11.3 Å². The van der Waals surface area contributed by atoms with Gasteiger partial charge in [-0.25, -0.2) is 4.98 Å². The number of nitrogens with zero attached hydrogens (tertiary/aromatic N) is 1. The molecule has 0 unspecified atom stereocenters. The van der Waals surface area contributed by atoms with Crippen LogP contribution in [0.5, 0.6) is 0 Å². The number of aromatic nitrogens is 1. The summed E-state index contributed by atoms with van der Waals surface area (Å²) in [5.74, 6) is 1.34. The average molecular weight is 237 g/mol. The molecule has 1 aliphatic carbocycles. The van der Waals surface area contributed by atoms with Crippen molar-refractivity contribution in [2.45, 2.75) is 70.6 Å². The first-order valence-corrected chi connectivity index (χ1v) is 7.60. The number of hydrogen-bond acceptors (Lipinski definition) is 2. The highest BCUT2D eigenvalue weighted by Crippen LogP contribution is 2.33. The van der Waals surface area contributed by atoms with E-state index in [-0.39, 0.29) is 0 Å². The van der Waals surface area contributed by atoms with Crippen molar-refractivity contribution in [2.75, 3.05) is 0 Å². The molecule has 0 spiro atoms. The van der Waals surface area contributed by atoms with Crippen molar-refractivity contribution in [1.82, 2.24) is 4.98 Å². The van der Waals surface area contributed by atoms with Crippen LogP contribution in [0.25, 0.3) is 0 Å². The van der Waals surface area contributed by atoms with Crippen LogP contribution in [0.15, 0.2) is 5.38 Å². The normalized spacial score (nSPS) is 19.7. The molecule has 1 aromatic heterocycles. The van der Waals surface area contributed by atoms with E-state index in [0.29, 0.717) is 5.92 Å². The second kappa shape index (κ2) is 5.81. The van der Waals surface area contributed by atoms with Crippen LogP contribution in [0, 0.1) is 0 Å². The summed E-state index contributed by atoms with van der Waals surface area (Å²) in [7, 11) is 0. The molecule has 0 N–H and O–H groups in total. The minimum Gasteiger partial charge on any atom is -0.246 e. The van der Waals surface area contributed by atoms with Crippen molar-refractivity contribution >= 4 is 11.3 Å². The fourth-order valence-electron chi connectivity index (χ4n) is 2.46. The summed E-state index contributed by atoms with van der Waals surface area (Å²) in [6.45, 7) is 4.47. The van der Waals surface area contributed by atoms with Gasteiger partial charge in [-0.2, -0.15) is 0 Å². The summed E-state index contributed by atoms with van der Waals surface area (Å²) in [6.07, 6.45) is 9.85. The van der Waals surface area contributed by atoms with E-state index in [0.717, 1.165) is 5.92 Å². The first-order chi connectivity index (χ1) is 7.77. The van der Waals surface area contributed by atoms with Crippen LogP contribution in [0.3, 0.4) is 0 Å². The van der Waals surface area contributed by atoms with Gasteiger partial charge in [0.1, 0.15) is 0 Å². The van der Waals surface area contributed by atoms with Gasteiger partial charge in [-0.1, -0.05) is 46.0 Å². The molecule has 1 saturated carbocycles. The quantitative estimate of drug-likeness (QED) is 0.698. The third-order valence-corrected chi connectivity index (χ3v) is 4.61. The SMILES string of the molecule is CC(C)c1csc(C2CCCCCCC2)n1. The summed E-state index contributed by atoms with van der Waals surface area (Å²) in [5, 5.41) is 3.67. The molecule has 0 amide bonds. The Labute approximate surface area is 103 Å². The predicted molar refractivity (Wildman–Crippen MR) is 71.3 cm³/mol. The van der Waals surface area contributed by atoms with Gasteiger partial charge in [-0.3, -0.25) is 0 Å². The van der Waals surface area contributed by atoms with E-state index in [1.54, 1.807) is 0 Å². The van der Waals surface area contributed by atoms with Gasteiger partial charge in [0, 0.05) is 11.3 Å².